The summed E-state index contributed by atoms with van der Waals surface area (Å²) >= 11 is 7.69. The first-order valence-electron chi connectivity index (χ1n) is 7.21. The second-order valence-corrected chi connectivity index (χ2v) is 6.73. The molecule has 7 heteroatoms. The van der Waals surface area contributed by atoms with Crippen LogP contribution in [0.2, 0.25) is 5.02 Å². The van der Waals surface area contributed by atoms with Crippen molar-refractivity contribution in [3.05, 3.63) is 55.5 Å². The highest BCUT2D eigenvalue weighted by atomic mass is 35.5. The fourth-order valence-corrected chi connectivity index (χ4v) is 3.97. The third-order valence-corrected chi connectivity index (χ3v) is 5.12. The van der Waals surface area contributed by atoms with Crippen molar-refractivity contribution in [3.63, 3.8) is 0 Å². The molecule has 1 fully saturated rings. The van der Waals surface area contributed by atoms with Crippen LogP contribution in [0.3, 0.4) is 0 Å². The predicted octanol–water partition coefficient (Wildman–Crippen LogP) is 4.43. The van der Waals surface area contributed by atoms with E-state index in [4.69, 9.17) is 11.6 Å². The monoisotopic (exact) mass is 337 g/mol. The van der Waals surface area contributed by atoms with Gasteiger partial charge in [-0.05, 0) is 31.0 Å². The van der Waals surface area contributed by atoms with Crippen molar-refractivity contribution in [1.82, 2.24) is 9.88 Å². The molecular formula is C15H16ClN3O2S. The zero-order chi connectivity index (χ0) is 15.5. The van der Waals surface area contributed by atoms with Crippen LogP contribution < -0.4 is 0 Å². The molecule has 5 nitrogen and oxygen atoms in total. The van der Waals surface area contributed by atoms with E-state index < -0.39 is 4.92 Å². The van der Waals surface area contributed by atoms with Gasteiger partial charge in [-0.1, -0.05) is 24.1 Å². The lowest BCUT2D eigenvalue weighted by molar-refractivity contribution is -0.384. The minimum atomic E-state index is -0.453. The summed E-state index contributed by atoms with van der Waals surface area (Å²) in [6.07, 6.45) is 5.33. The van der Waals surface area contributed by atoms with E-state index in [0.717, 1.165) is 30.1 Å². The number of hydrogen-bond acceptors (Lipinski definition) is 5. The molecule has 1 aliphatic heterocycles. The number of likely N-dealkylation sites (tertiary alicyclic amines) is 1. The molecule has 0 bridgehead atoms. The summed E-state index contributed by atoms with van der Waals surface area (Å²) in [5.41, 5.74) is 0.958. The second-order valence-electron chi connectivity index (χ2n) is 5.40. The molecule has 2 heterocycles. The Bertz CT molecular complexity index is 663. The van der Waals surface area contributed by atoms with Crippen molar-refractivity contribution in [1.29, 1.82) is 0 Å². The van der Waals surface area contributed by atoms with Crippen molar-refractivity contribution < 1.29 is 4.92 Å². The van der Waals surface area contributed by atoms with Crippen LogP contribution in [0.4, 0.5) is 5.69 Å². The number of piperidine rings is 1. The Morgan fingerprint density at radius 1 is 1.45 bits per heavy atom. The normalized spacial score (nSPS) is 19.2. The van der Waals surface area contributed by atoms with E-state index in [1.165, 1.54) is 18.9 Å². The summed E-state index contributed by atoms with van der Waals surface area (Å²) in [5, 5.41) is 14.2. The summed E-state index contributed by atoms with van der Waals surface area (Å²) in [6.45, 7) is 1.75. The molecule has 0 amide bonds. The summed E-state index contributed by atoms with van der Waals surface area (Å²) in [5.74, 6) is 0. The van der Waals surface area contributed by atoms with Gasteiger partial charge in [0.2, 0.25) is 0 Å². The maximum Gasteiger partial charge on any atom is 0.287 e. The van der Waals surface area contributed by atoms with Gasteiger partial charge >= 0.3 is 0 Å². The number of rotatable bonds is 4. The van der Waals surface area contributed by atoms with Crippen molar-refractivity contribution in [2.24, 2.45) is 0 Å². The first kappa shape index (κ1) is 15.4. The van der Waals surface area contributed by atoms with Gasteiger partial charge in [-0.3, -0.25) is 15.0 Å². The molecule has 0 saturated carbocycles. The fraction of sp³-hybridized carbons (Fsp3) is 0.400. The van der Waals surface area contributed by atoms with E-state index in [9.17, 15) is 10.1 Å². The van der Waals surface area contributed by atoms with Gasteiger partial charge in [-0.25, -0.2) is 4.98 Å². The number of nitro groups is 1. The standard InChI is InChI=1S/C15H16ClN3O2S/c16-12-9-11(4-5-13(12)19(20)21)10-18-7-2-1-3-14(18)15-17-6-8-22-15/h4-6,8-9,14H,1-3,7,10H2. The van der Waals surface area contributed by atoms with Crippen LogP contribution in [0.1, 0.15) is 35.9 Å². The molecular weight excluding hydrogens is 322 g/mol. The lowest BCUT2D eigenvalue weighted by Crippen LogP contribution is -2.32. The molecule has 0 spiro atoms. The van der Waals surface area contributed by atoms with Crippen molar-refractivity contribution in [2.45, 2.75) is 31.8 Å². The topological polar surface area (TPSA) is 59.3 Å². The average Bonchev–Trinajstić information content (AvgIpc) is 3.01. The summed E-state index contributed by atoms with van der Waals surface area (Å²) in [6, 6.07) is 5.31. The van der Waals surface area contributed by atoms with Crippen LogP contribution in [0.25, 0.3) is 0 Å². The fourth-order valence-electron chi connectivity index (χ4n) is 2.89. The SMILES string of the molecule is O=[N+]([O-])c1ccc(CN2CCCCC2c2nccs2)cc1Cl. The van der Waals surface area contributed by atoms with E-state index in [1.807, 2.05) is 11.6 Å². The Morgan fingerprint density at radius 3 is 3.00 bits per heavy atom. The first-order chi connectivity index (χ1) is 10.6. The molecule has 0 N–H and O–H groups in total. The van der Waals surface area contributed by atoms with Crippen LogP contribution in [-0.4, -0.2) is 21.4 Å². The summed E-state index contributed by atoms with van der Waals surface area (Å²) < 4.78 is 0. The van der Waals surface area contributed by atoms with Crippen molar-refractivity contribution in [2.75, 3.05) is 6.54 Å². The van der Waals surface area contributed by atoms with E-state index in [1.54, 1.807) is 23.5 Å². The van der Waals surface area contributed by atoms with Gasteiger partial charge < -0.3 is 0 Å². The smallest absolute Gasteiger partial charge is 0.287 e. The van der Waals surface area contributed by atoms with Gasteiger partial charge in [-0.2, -0.15) is 0 Å². The lowest BCUT2D eigenvalue weighted by Gasteiger charge is -2.34. The Kier molecular flexibility index (Phi) is 4.71. The van der Waals surface area contributed by atoms with Crippen LogP contribution in [0, 0.1) is 10.1 Å². The van der Waals surface area contributed by atoms with Crippen LogP contribution in [0.15, 0.2) is 29.8 Å². The highest BCUT2D eigenvalue weighted by molar-refractivity contribution is 7.09. The summed E-state index contributed by atoms with van der Waals surface area (Å²) in [4.78, 5) is 17.2. The van der Waals surface area contributed by atoms with Gasteiger partial charge in [0.05, 0.1) is 11.0 Å². The highest BCUT2D eigenvalue weighted by Gasteiger charge is 2.26. The second kappa shape index (κ2) is 6.73. The Hall–Kier alpha value is -1.50. The number of aromatic nitrogens is 1. The first-order valence-corrected chi connectivity index (χ1v) is 8.47. The number of halogens is 1. The van der Waals surface area contributed by atoms with Gasteiger partial charge in [-0.15, -0.1) is 11.3 Å². The zero-order valence-electron chi connectivity index (χ0n) is 11.9. The largest absolute Gasteiger partial charge is 0.290 e. The van der Waals surface area contributed by atoms with Crippen LogP contribution in [0.5, 0.6) is 0 Å². The molecule has 22 heavy (non-hydrogen) atoms. The molecule has 1 saturated heterocycles. The quantitative estimate of drug-likeness (QED) is 0.611. The molecule has 1 aliphatic rings. The predicted molar refractivity (Wildman–Crippen MR) is 87.2 cm³/mol. The third kappa shape index (κ3) is 3.29. The number of nitrogens with zero attached hydrogens (tertiary/aromatic N) is 3. The van der Waals surface area contributed by atoms with Crippen molar-refractivity contribution >= 4 is 28.6 Å². The van der Waals surface area contributed by atoms with Gasteiger partial charge in [0, 0.05) is 24.2 Å². The Labute approximate surface area is 137 Å². The maximum atomic E-state index is 10.8. The molecule has 0 aliphatic carbocycles. The third-order valence-electron chi connectivity index (χ3n) is 3.94. The molecule has 0 radical (unpaired) electrons. The molecule has 1 atom stereocenters. The van der Waals surface area contributed by atoms with E-state index >= 15 is 0 Å². The minimum absolute atomic E-state index is 0.0412. The number of hydrogen-bond donors (Lipinski definition) is 0. The Morgan fingerprint density at radius 2 is 2.32 bits per heavy atom. The van der Waals surface area contributed by atoms with E-state index in [-0.39, 0.29) is 10.7 Å². The van der Waals surface area contributed by atoms with E-state index in [2.05, 4.69) is 9.88 Å². The van der Waals surface area contributed by atoms with Crippen molar-refractivity contribution in [3.8, 4) is 0 Å². The lowest BCUT2D eigenvalue weighted by atomic mass is 10.0. The van der Waals surface area contributed by atoms with E-state index in [0.29, 0.717) is 6.04 Å². The number of thiazole rings is 1. The van der Waals surface area contributed by atoms with Gasteiger partial charge in [0.25, 0.3) is 5.69 Å². The Balaban J connectivity index is 1.78. The molecule has 1 aromatic carbocycles. The van der Waals surface area contributed by atoms with Crippen LogP contribution >= 0.6 is 22.9 Å². The molecule has 2 aromatic rings. The highest BCUT2D eigenvalue weighted by Crippen LogP contribution is 2.34. The molecule has 1 unspecified atom stereocenters. The van der Waals surface area contributed by atoms with Crippen LogP contribution in [-0.2, 0) is 6.54 Å². The number of nitro benzene ring substituents is 1. The molecule has 116 valence electrons. The zero-order valence-corrected chi connectivity index (χ0v) is 13.5. The molecule has 3 rings (SSSR count). The maximum absolute atomic E-state index is 10.8. The molecule has 1 aromatic heterocycles. The van der Waals surface area contributed by atoms with Gasteiger partial charge in [0.1, 0.15) is 10.0 Å². The minimum Gasteiger partial charge on any atom is -0.290 e. The summed E-state index contributed by atoms with van der Waals surface area (Å²) in [7, 11) is 0. The van der Waals surface area contributed by atoms with Gasteiger partial charge in [0.15, 0.2) is 0 Å². The number of benzene rings is 1. The average molecular weight is 338 g/mol.